The second kappa shape index (κ2) is 13.5. The second-order valence-corrected chi connectivity index (χ2v) is 10.5. The van der Waals surface area contributed by atoms with Crippen LogP contribution in [0.4, 0.5) is 16.2 Å². The quantitative estimate of drug-likeness (QED) is 0.249. The molecule has 0 saturated heterocycles. The molecule has 7 nitrogen and oxygen atoms in total. The Morgan fingerprint density at radius 1 is 0.872 bits per heavy atom. The Hall–Kier alpha value is -3.55. The van der Waals surface area contributed by atoms with Crippen LogP contribution in [0, 0.1) is 0 Å². The molecule has 0 spiro atoms. The van der Waals surface area contributed by atoms with Crippen LogP contribution in [-0.4, -0.2) is 29.6 Å². The van der Waals surface area contributed by atoms with Gasteiger partial charge in [-0.1, -0.05) is 66.7 Å². The molecule has 39 heavy (non-hydrogen) atoms. The smallest absolute Gasteiger partial charge is 0.326 e. The molecule has 4 rings (SSSR count). The van der Waals surface area contributed by atoms with Gasteiger partial charge in [0.05, 0.1) is 23.0 Å². The van der Waals surface area contributed by atoms with Crippen LogP contribution >= 0.6 is 23.2 Å². The van der Waals surface area contributed by atoms with Gasteiger partial charge in [-0.25, -0.2) is 4.79 Å². The molecule has 1 fully saturated rings. The van der Waals surface area contributed by atoms with Crippen LogP contribution in [-0.2, 0) is 11.3 Å². The van der Waals surface area contributed by atoms with E-state index in [2.05, 4.69) is 22.8 Å². The summed E-state index contributed by atoms with van der Waals surface area (Å²) in [6.07, 6.45) is 6.02. The number of hydrogen-bond donors (Lipinski definition) is 3. The number of urea groups is 1. The molecule has 0 aliphatic heterocycles. The summed E-state index contributed by atoms with van der Waals surface area (Å²) in [6, 6.07) is 19.6. The number of hydrogen-bond acceptors (Lipinski definition) is 3. The third-order valence-corrected chi connectivity index (χ3v) is 7.62. The predicted octanol–water partition coefficient (Wildman–Crippen LogP) is 7.48. The number of carbonyl (C=O) groups is 3. The molecule has 3 aromatic carbocycles. The SMILES string of the molecule is O=C(O)CCNC(=O)c1ccc(CN(C(=O)Nc2ccc(Cl)c(Cl)c2)c2ccc(C3CCCCC3)cc2)cc1. The zero-order valence-electron chi connectivity index (χ0n) is 21.5. The highest BCUT2D eigenvalue weighted by atomic mass is 35.5. The molecule has 0 heterocycles. The predicted molar refractivity (Wildman–Crippen MR) is 155 cm³/mol. The first-order chi connectivity index (χ1) is 18.8. The van der Waals surface area contributed by atoms with E-state index in [1.807, 2.05) is 12.1 Å². The molecule has 3 amide bonds. The number of carboxylic acid groups (broad SMARTS) is 1. The van der Waals surface area contributed by atoms with Crippen molar-refractivity contribution in [3.05, 3.63) is 93.5 Å². The van der Waals surface area contributed by atoms with Gasteiger partial charge in [0.1, 0.15) is 0 Å². The monoisotopic (exact) mass is 567 g/mol. The summed E-state index contributed by atoms with van der Waals surface area (Å²) in [5.74, 6) is -0.771. The number of nitrogens with one attached hydrogen (secondary N) is 2. The Bertz CT molecular complexity index is 1310. The Kier molecular flexibility index (Phi) is 9.85. The van der Waals surface area contributed by atoms with Gasteiger partial charge in [-0.2, -0.15) is 0 Å². The van der Waals surface area contributed by atoms with Crippen LogP contribution in [0.25, 0.3) is 0 Å². The molecule has 3 aromatic rings. The number of carbonyl (C=O) groups excluding carboxylic acids is 2. The van der Waals surface area contributed by atoms with E-state index in [0.717, 1.165) is 11.3 Å². The van der Waals surface area contributed by atoms with Gasteiger partial charge in [-0.15, -0.1) is 0 Å². The number of benzene rings is 3. The normalized spacial score (nSPS) is 13.5. The van der Waals surface area contributed by atoms with E-state index in [0.29, 0.717) is 27.2 Å². The zero-order chi connectivity index (χ0) is 27.8. The van der Waals surface area contributed by atoms with Crippen molar-refractivity contribution in [2.24, 2.45) is 0 Å². The van der Waals surface area contributed by atoms with E-state index in [1.165, 1.54) is 37.7 Å². The van der Waals surface area contributed by atoms with Gasteiger partial charge in [0.15, 0.2) is 0 Å². The number of nitrogens with zero attached hydrogens (tertiary/aromatic N) is 1. The van der Waals surface area contributed by atoms with Gasteiger partial charge >= 0.3 is 12.0 Å². The number of rotatable bonds is 9. The highest BCUT2D eigenvalue weighted by Crippen LogP contribution is 2.34. The fraction of sp³-hybridized carbons (Fsp3) is 0.300. The average molecular weight is 569 g/mol. The number of halogens is 2. The maximum absolute atomic E-state index is 13.5. The fourth-order valence-corrected chi connectivity index (χ4v) is 5.03. The van der Waals surface area contributed by atoms with Crippen LogP contribution in [0.3, 0.4) is 0 Å². The van der Waals surface area contributed by atoms with Gasteiger partial charge in [0.25, 0.3) is 5.91 Å². The maximum Gasteiger partial charge on any atom is 0.326 e. The molecule has 3 N–H and O–H groups in total. The first-order valence-corrected chi connectivity index (χ1v) is 13.8. The van der Waals surface area contributed by atoms with Gasteiger partial charge < -0.3 is 15.7 Å². The van der Waals surface area contributed by atoms with Crippen molar-refractivity contribution in [3.8, 4) is 0 Å². The lowest BCUT2D eigenvalue weighted by molar-refractivity contribution is -0.136. The average Bonchev–Trinajstić information content (AvgIpc) is 2.94. The van der Waals surface area contributed by atoms with Crippen molar-refractivity contribution in [2.45, 2.75) is 51.0 Å². The lowest BCUT2D eigenvalue weighted by atomic mass is 9.84. The maximum atomic E-state index is 13.5. The molecule has 1 saturated carbocycles. The molecule has 1 aliphatic carbocycles. The second-order valence-electron chi connectivity index (χ2n) is 9.67. The van der Waals surface area contributed by atoms with Crippen LogP contribution in [0.1, 0.15) is 65.9 Å². The van der Waals surface area contributed by atoms with E-state index in [4.69, 9.17) is 28.3 Å². The van der Waals surface area contributed by atoms with Gasteiger partial charge in [-0.3, -0.25) is 14.5 Å². The van der Waals surface area contributed by atoms with Gasteiger partial charge in [0.2, 0.25) is 0 Å². The molecular weight excluding hydrogens is 537 g/mol. The van der Waals surface area contributed by atoms with Crippen molar-refractivity contribution in [1.82, 2.24) is 5.32 Å². The standard InChI is InChI=1S/C30H31Cl2N3O4/c31-26-15-12-24(18-27(26)32)34-30(39)35(25-13-10-22(11-14-25)21-4-2-1-3-5-21)19-20-6-8-23(9-7-20)29(38)33-17-16-28(36)37/h6-15,18,21H,1-5,16-17,19H2,(H,33,38)(H,34,39)(H,36,37). The third kappa shape index (κ3) is 7.97. The van der Waals surface area contributed by atoms with Crippen LogP contribution < -0.4 is 15.5 Å². The van der Waals surface area contributed by atoms with Gasteiger partial charge in [0, 0.05) is 23.5 Å². The topological polar surface area (TPSA) is 98.7 Å². The molecule has 0 radical (unpaired) electrons. The molecular formula is C30H31Cl2N3O4. The highest BCUT2D eigenvalue weighted by molar-refractivity contribution is 6.42. The number of carboxylic acids is 1. The minimum atomic E-state index is -0.975. The van der Waals surface area contributed by atoms with E-state index in [-0.39, 0.29) is 31.4 Å². The van der Waals surface area contributed by atoms with E-state index in [9.17, 15) is 14.4 Å². The van der Waals surface area contributed by atoms with Crippen LogP contribution in [0.5, 0.6) is 0 Å². The first-order valence-electron chi connectivity index (χ1n) is 13.0. The summed E-state index contributed by atoms with van der Waals surface area (Å²) >= 11 is 12.2. The molecule has 204 valence electrons. The number of anilines is 2. The third-order valence-electron chi connectivity index (χ3n) is 6.88. The Balaban J connectivity index is 1.52. The van der Waals surface area contributed by atoms with Crippen molar-refractivity contribution >= 4 is 52.5 Å². The van der Waals surface area contributed by atoms with E-state index < -0.39 is 5.97 Å². The minimum absolute atomic E-state index is 0.0510. The van der Waals surface area contributed by atoms with Crippen molar-refractivity contribution in [1.29, 1.82) is 0 Å². The fourth-order valence-electron chi connectivity index (χ4n) is 4.74. The summed E-state index contributed by atoms with van der Waals surface area (Å²) in [4.78, 5) is 38.1. The minimum Gasteiger partial charge on any atom is -0.481 e. The summed E-state index contributed by atoms with van der Waals surface area (Å²) in [5.41, 5.74) is 3.78. The van der Waals surface area contributed by atoms with Crippen LogP contribution in [0.15, 0.2) is 66.7 Å². The Morgan fingerprint density at radius 3 is 2.21 bits per heavy atom. The number of aliphatic carboxylic acids is 1. The summed E-state index contributed by atoms with van der Waals surface area (Å²) in [5, 5.41) is 15.0. The Morgan fingerprint density at radius 2 is 1.56 bits per heavy atom. The largest absolute Gasteiger partial charge is 0.481 e. The molecule has 0 aromatic heterocycles. The zero-order valence-corrected chi connectivity index (χ0v) is 23.0. The van der Waals surface area contributed by atoms with E-state index >= 15 is 0 Å². The first kappa shape index (κ1) is 28.5. The van der Waals surface area contributed by atoms with Crippen molar-refractivity contribution in [2.75, 3.05) is 16.8 Å². The molecule has 0 unspecified atom stereocenters. The summed E-state index contributed by atoms with van der Waals surface area (Å²) < 4.78 is 0. The molecule has 0 atom stereocenters. The summed E-state index contributed by atoms with van der Waals surface area (Å²) in [6.45, 7) is 0.312. The van der Waals surface area contributed by atoms with Crippen molar-refractivity contribution < 1.29 is 19.5 Å². The lowest BCUT2D eigenvalue weighted by Crippen LogP contribution is -2.34. The number of amides is 3. The Labute approximate surface area is 238 Å². The van der Waals surface area contributed by atoms with Crippen molar-refractivity contribution in [3.63, 3.8) is 0 Å². The van der Waals surface area contributed by atoms with Crippen LogP contribution in [0.2, 0.25) is 10.0 Å². The molecule has 0 bridgehead atoms. The van der Waals surface area contributed by atoms with E-state index in [1.54, 1.807) is 47.4 Å². The summed E-state index contributed by atoms with van der Waals surface area (Å²) in [7, 11) is 0. The lowest BCUT2D eigenvalue weighted by Gasteiger charge is -2.26. The molecule has 1 aliphatic rings. The van der Waals surface area contributed by atoms with Gasteiger partial charge in [-0.05, 0) is 72.4 Å². The molecule has 9 heteroatoms. The highest BCUT2D eigenvalue weighted by Gasteiger charge is 2.20.